The van der Waals surface area contributed by atoms with Gasteiger partial charge >= 0.3 is 5.97 Å². The SMILES string of the molecule is CC1=C[C@H](O)[C@@H](O)[C@]2(C)[C@H]3[C@@]4(O)OC[C@@]35[C@@H](C[C@@H]12)OC(=O)[C@H](O)[C@@]5(O)[C@@](O)(CO)[C@H]4O. The van der Waals surface area contributed by atoms with Crippen LogP contribution in [0.1, 0.15) is 20.3 Å². The average Bonchev–Trinajstić information content (AvgIpc) is 3.04. The lowest BCUT2D eigenvalue weighted by Crippen LogP contribution is -2.90. The molecule has 0 radical (unpaired) electrons. The zero-order valence-corrected chi connectivity index (χ0v) is 17.0. The molecule has 1 spiro atoms. The van der Waals surface area contributed by atoms with E-state index < -0.39 is 89.4 Å². The predicted molar refractivity (Wildman–Crippen MR) is 97.7 cm³/mol. The van der Waals surface area contributed by atoms with E-state index in [0.717, 1.165) is 0 Å². The molecule has 5 aliphatic rings. The molecule has 12 atom stereocenters. The molecule has 5 rings (SSSR count). The second-order valence-corrected chi connectivity index (χ2v) is 10.1. The van der Waals surface area contributed by atoms with Gasteiger partial charge in [-0.15, -0.1) is 0 Å². The number of carbonyl (C=O) groups excluding carboxylic acids is 1. The highest BCUT2D eigenvalue weighted by atomic mass is 16.7. The van der Waals surface area contributed by atoms with Crippen molar-refractivity contribution in [1.29, 1.82) is 0 Å². The number of aliphatic hydroxyl groups excluding tert-OH is 5. The molecule has 4 fully saturated rings. The van der Waals surface area contributed by atoms with E-state index in [2.05, 4.69) is 0 Å². The highest BCUT2D eigenvalue weighted by Crippen LogP contribution is 2.75. The molecule has 31 heavy (non-hydrogen) atoms. The molecule has 2 saturated carbocycles. The first-order valence-corrected chi connectivity index (χ1v) is 10.3. The lowest BCUT2D eigenvalue weighted by atomic mass is 9.35. The number of aliphatic hydroxyl groups is 8. The number of fused-ring (bicyclic) bond motifs is 1. The first-order chi connectivity index (χ1) is 14.3. The molecule has 0 aromatic carbocycles. The Hall–Kier alpha value is -1.15. The maximum Gasteiger partial charge on any atom is 0.338 e. The fourth-order valence-electron chi connectivity index (χ4n) is 7.82. The Bertz CT molecular complexity index is 877. The topological polar surface area (TPSA) is 197 Å². The lowest BCUT2D eigenvalue weighted by Gasteiger charge is -2.72. The molecule has 0 amide bonds. The van der Waals surface area contributed by atoms with Gasteiger partial charge in [-0.1, -0.05) is 18.6 Å². The number of carbonyl (C=O) groups is 1. The number of hydrogen-bond donors (Lipinski definition) is 8. The molecule has 174 valence electrons. The van der Waals surface area contributed by atoms with Crippen LogP contribution in [0.15, 0.2) is 11.6 Å². The predicted octanol–water partition coefficient (Wildman–Crippen LogP) is -3.87. The van der Waals surface area contributed by atoms with Gasteiger partial charge in [0.15, 0.2) is 17.5 Å². The smallest absolute Gasteiger partial charge is 0.338 e. The minimum absolute atomic E-state index is 0.0247. The van der Waals surface area contributed by atoms with Gasteiger partial charge in [0.1, 0.15) is 17.8 Å². The third kappa shape index (κ3) is 1.89. The molecule has 2 heterocycles. The standard InChI is InChI=1S/C20H28O11/c1-7-3-9(22)11(23)16(2)8(7)4-10-17-6-30-19(28,14(16)17)15(26)18(27,5-21)20(17,29)12(24)13(25)31-10/h3,8-12,14-15,21-24,26-29H,4-6H2,1-2H3/t8-,9-,10+,11+,12-,14+,15+,16+,17+,18+,19+,20-/m0/s1. The Labute approximate surface area is 177 Å². The molecular weight excluding hydrogens is 416 g/mol. The van der Waals surface area contributed by atoms with Gasteiger partial charge in [0.05, 0.1) is 30.8 Å². The Kier molecular flexibility index (Phi) is 4.09. The van der Waals surface area contributed by atoms with E-state index in [1.807, 2.05) is 0 Å². The van der Waals surface area contributed by atoms with Gasteiger partial charge in [-0.05, 0) is 19.3 Å². The van der Waals surface area contributed by atoms with Crippen LogP contribution in [0, 0.1) is 22.7 Å². The molecule has 8 N–H and O–H groups in total. The Morgan fingerprint density at radius 1 is 1.16 bits per heavy atom. The fourth-order valence-corrected chi connectivity index (χ4v) is 7.82. The van der Waals surface area contributed by atoms with E-state index in [1.54, 1.807) is 13.8 Å². The van der Waals surface area contributed by atoms with Crippen molar-refractivity contribution in [1.82, 2.24) is 0 Å². The number of rotatable bonds is 1. The van der Waals surface area contributed by atoms with Crippen LogP contribution in [0.25, 0.3) is 0 Å². The van der Waals surface area contributed by atoms with Crippen LogP contribution in [0.5, 0.6) is 0 Å². The molecular formula is C20H28O11. The lowest BCUT2D eigenvalue weighted by molar-refractivity contribution is -0.419. The summed E-state index contributed by atoms with van der Waals surface area (Å²) in [5, 5.41) is 88.1. The number of ether oxygens (including phenoxy) is 2. The van der Waals surface area contributed by atoms with Crippen molar-refractivity contribution in [3.8, 4) is 0 Å². The molecule has 0 unspecified atom stereocenters. The zero-order chi connectivity index (χ0) is 22.9. The molecule has 3 aliphatic carbocycles. The van der Waals surface area contributed by atoms with Crippen molar-refractivity contribution < 1.29 is 55.1 Å². The molecule has 0 aromatic rings. The van der Waals surface area contributed by atoms with Crippen LogP contribution in [0.4, 0.5) is 0 Å². The van der Waals surface area contributed by atoms with Gasteiger partial charge < -0.3 is 50.3 Å². The fraction of sp³-hybridized carbons (Fsp3) is 0.850. The van der Waals surface area contributed by atoms with Crippen molar-refractivity contribution >= 4 is 5.97 Å². The van der Waals surface area contributed by atoms with Gasteiger partial charge in [-0.25, -0.2) is 4.79 Å². The van der Waals surface area contributed by atoms with E-state index >= 15 is 0 Å². The summed E-state index contributed by atoms with van der Waals surface area (Å²) in [7, 11) is 0. The monoisotopic (exact) mass is 444 g/mol. The van der Waals surface area contributed by atoms with Crippen molar-refractivity contribution in [3.63, 3.8) is 0 Å². The van der Waals surface area contributed by atoms with Crippen LogP contribution in [0.2, 0.25) is 0 Å². The minimum Gasteiger partial charge on any atom is -0.460 e. The van der Waals surface area contributed by atoms with Gasteiger partial charge in [-0.2, -0.15) is 0 Å². The minimum atomic E-state index is -2.96. The van der Waals surface area contributed by atoms with E-state index in [4.69, 9.17) is 9.47 Å². The second-order valence-electron chi connectivity index (χ2n) is 10.1. The average molecular weight is 444 g/mol. The Balaban J connectivity index is 1.86. The van der Waals surface area contributed by atoms with E-state index in [-0.39, 0.29) is 6.42 Å². The van der Waals surface area contributed by atoms with Crippen molar-refractivity contribution in [2.45, 2.75) is 67.8 Å². The van der Waals surface area contributed by atoms with E-state index in [1.165, 1.54) is 6.08 Å². The summed E-state index contributed by atoms with van der Waals surface area (Å²) in [4.78, 5) is 12.5. The maximum absolute atomic E-state index is 12.5. The van der Waals surface area contributed by atoms with Gasteiger partial charge in [0, 0.05) is 11.3 Å². The number of esters is 1. The van der Waals surface area contributed by atoms with Crippen molar-refractivity contribution in [2.24, 2.45) is 22.7 Å². The summed E-state index contributed by atoms with van der Waals surface area (Å²) in [6, 6.07) is 0. The Morgan fingerprint density at radius 3 is 2.42 bits per heavy atom. The van der Waals surface area contributed by atoms with Gasteiger partial charge in [-0.3, -0.25) is 0 Å². The quantitative estimate of drug-likeness (QED) is 0.145. The largest absolute Gasteiger partial charge is 0.460 e. The van der Waals surface area contributed by atoms with Gasteiger partial charge in [0.25, 0.3) is 0 Å². The summed E-state index contributed by atoms with van der Waals surface area (Å²) < 4.78 is 11.1. The molecule has 11 nitrogen and oxygen atoms in total. The highest BCUT2D eigenvalue weighted by molar-refractivity contribution is 5.79. The molecule has 2 saturated heterocycles. The van der Waals surface area contributed by atoms with Crippen LogP contribution < -0.4 is 0 Å². The number of allylic oxidation sites excluding steroid dienone is 1. The number of hydrogen-bond acceptors (Lipinski definition) is 11. The summed E-state index contributed by atoms with van der Waals surface area (Å²) >= 11 is 0. The van der Waals surface area contributed by atoms with E-state index in [0.29, 0.717) is 5.57 Å². The van der Waals surface area contributed by atoms with Crippen molar-refractivity contribution in [2.75, 3.05) is 13.2 Å². The first-order valence-electron chi connectivity index (χ1n) is 10.3. The van der Waals surface area contributed by atoms with Crippen LogP contribution in [0.3, 0.4) is 0 Å². The third-order valence-corrected chi connectivity index (χ3v) is 9.14. The summed E-state index contributed by atoms with van der Waals surface area (Å²) in [5.41, 5.74) is -8.56. The molecule has 2 aliphatic heterocycles. The van der Waals surface area contributed by atoms with Crippen molar-refractivity contribution in [3.05, 3.63) is 11.6 Å². The summed E-state index contributed by atoms with van der Waals surface area (Å²) in [5.74, 6) is -5.83. The second kappa shape index (κ2) is 5.85. The summed E-state index contributed by atoms with van der Waals surface area (Å²) in [6.07, 6.45) is -7.29. The maximum atomic E-state index is 12.5. The Morgan fingerprint density at radius 2 is 1.81 bits per heavy atom. The highest BCUT2D eigenvalue weighted by Gasteiger charge is 2.91. The summed E-state index contributed by atoms with van der Waals surface area (Å²) in [6.45, 7) is 1.40. The van der Waals surface area contributed by atoms with Crippen LogP contribution >= 0.6 is 0 Å². The molecule has 11 heteroatoms. The van der Waals surface area contributed by atoms with E-state index in [9.17, 15) is 45.6 Å². The third-order valence-electron chi connectivity index (χ3n) is 9.14. The van der Waals surface area contributed by atoms with Gasteiger partial charge in [0.2, 0.25) is 0 Å². The molecule has 2 bridgehead atoms. The molecule has 0 aromatic heterocycles. The zero-order valence-electron chi connectivity index (χ0n) is 17.0. The normalized spacial score (nSPS) is 62.5. The first kappa shape index (κ1) is 21.7. The van der Waals surface area contributed by atoms with Crippen LogP contribution in [-0.4, -0.2) is 108 Å². The van der Waals surface area contributed by atoms with Crippen LogP contribution in [-0.2, 0) is 14.3 Å².